The maximum atomic E-state index is 11.4. The first-order valence-corrected chi connectivity index (χ1v) is 6.76. The minimum absolute atomic E-state index is 0.139. The van der Waals surface area contributed by atoms with E-state index in [4.69, 9.17) is 9.84 Å². The van der Waals surface area contributed by atoms with Crippen LogP contribution in [0.15, 0.2) is 18.7 Å². The Kier molecular flexibility index (Phi) is 6.08. The number of hydrogen-bond acceptors (Lipinski definition) is 4. The molecule has 0 saturated heterocycles. The molecule has 0 aromatic carbocycles. The van der Waals surface area contributed by atoms with E-state index >= 15 is 0 Å². The Morgan fingerprint density at radius 2 is 2.32 bits per heavy atom. The Hall–Kier alpha value is -1.82. The molecule has 0 unspecified atom stereocenters. The number of rotatable bonds is 8. The number of aryl methyl sites for hydroxylation is 1. The molecule has 6 heteroatoms. The molecule has 0 aliphatic rings. The lowest BCUT2D eigenvalue weighted by atomic mass is 10.3. The molecule has 19 heavy (non-hydrogen) atoms. The molecule has 1 heterocycles. The molecule has 0 saturated carbocycles. The monoisotopic (exact) mass is 283 g/mol. The van der Waals surface area contributed by atoms with Gasteiger partial charge in [0.15, 0.2) is 11.5 Å². The second-order valence-electron chi connectivity index (χ2n) is 3.84. The second-order valence-corrected chi connectivity index (χ2v) is 4.98. The fourth-order valence-electron chi connectivity index (χ4n) is 1.43. The van der Waals surface area contributed by atoms with Gasteiger partial charge in [0.1, 0.15) is 5.75 Å². The van der Waals surface area contributed by atoms with E-state index in [0.29, 0.717) is 6.54 Å². The van der Waals surface area contributed by atoms with Gasteiger partial charge in [-0.25, -0.2) is 4.79 Å². The quantitative estimate of drug-likeness (QED) is 0.716. The molecule has 0 atom stereocenters. The lowest BCUT2D eigenvalue weighted by Crippen LogP contribution is -2.28. The van der Waals surface area contributed by atoms with Gasteiger partial charge in [-0.2, -0.15) is 0 Å². The fraction of sp³-hybridized carbons (Fsp3) is 0.385. The summed E-state index contributed by atoms with van der Waals surface area (Å²) >= 11 is 1.19. The number of ether oxygens (including phenoxy) is 1. The van der Waals surface area contributed by atoms with Crippen LogP contribution in [0.2, 0.25) is 0 Å². The Morgan fingerprint density at radius 3 is 2.89 bits per heavy atom. The predicted molar refractivity (Wildman–Crippen MR) is 74.0 cm³/mol. The summed E-state index contributed by atoms with van der Waals surface area (Å²) in [6, 6.07) is 1.69. The first-order chi connectivity index (χ1) is 9.08. The number of aromatic carboxylic acids is 1. The standard InChI is InChI=1S/C13H17NO4S/c1-3-5-9-7-10(12(19-9)13(16)17)18-8-11(15)14-6-4-2/h4,7H,2-3,5-6,8H2,1H3,(H,14,15)(H,16,17). The van der Waals surface area contributed by atoms with Crippen LogP contribution in [-0.2, 0) is 11.2 Å². The van der Waals surface area contributed by atoms with Crippen molar-refractivity contribution in [1.29, 1.82) is 0 Å². The van der Waals surface area contributed by atoms with Crippen LogP contribution in [0, 0.1) is 0 Å². The van der Waals surface area contributed by atoms with E-state index in [1.807, 2.05) is 6.92 Å². The van der Waals surface area contributed by atoms with Crippen LogP contribution in [0.4, 0.5) is 0 Å². The lowest BCUT2D eigenvalue weighted by molar-refractivity contribution is -0.122. The largest absolute Gasteiger partial charge is 0.482 e. The van der Waals surface area contributed by atoms with Crippen LogP contribution in [0.1, 0.15) is 27.9 Å². The highest BCUT2D eigenvalue weighted by Crippen LogP contribution is 2.30. The molecule has 0 radical (unpaired) electrons. The second kappa shape index (κ2) is 7.58. The van der Waals surface area contributed by atoms with Crippen molar-refractivity contribution in [2.24, 2.45) is 0 Å². The molecule has 0 bridgehead atoms. The number of hydrogen-bond donors (Lipinski definition) is 2. The maximum Gasteiger partial charge on any atom is 0.349 e. The number of nitrogens with one attached hydrogen (secondary N) is 1. The van der Waals surface area contributed by atoms with Gasteiger partial charge in [0, 0.05) is 11.4 Å². The summed E-state index contributed by atoms with van der Waals surface area (Å²) in [7, 11) is 0. The normalized spacial score (nSPS) is 9.95. The van der Waals surface area contributed by atoms with Crippen molar-refractivity contribution in [3.63, 3.8) is 0 Å². The van der Waals surface area contributed by atoms with E-state index in [2.05, 4.69) is 11.9 Å². The minimum atomic E-state index is -1.03. The summed E-state index contributed by atoms with van der Waals surface area (Å²) in [4.78, 5) is 23.5. The third-order valence-corrected chi connectivity index (χ3v) is 3.41. The molecule has 0 aliphatic heterocycles. The molecular formula is C13H17NO4S. The van der Waals surface area contributed by atoms with Gasteiger partial charge in [0.25, 0.3) is 5.91 Å². The zero-order valence-corrected chi connectivity index (χ0v) is 11.6. The van der Waals surface area contributed by atoms with Gasteiger partial charge in [-0.3, -0.25) is 4.79 Å². The third kappa shape index (κ3) is 4.75. The molecule has 1 amide bonds. The van der Waals surface area contributed by atoms with Crippen molar-refractivity contribution in [2.45, 2.75) is 19.8 Å². The highest BCUT2D eigenvalue weighted by Gasteiger charge is 2.17. The van der Waals surface area contributed by atoms with Gasteiger partial charge in [0.2, 0.25) is 0 Å². The van der Waals surface area contributed by atoms with E-state index in [9.17, 15) is 9.59 Å². The zero-order chi connectivity index (χ0) is 14.3. The fourth-order valence-corrected chi connectivity index (χ4v) is 2.47. The van der Waals surface area contributed by atoms with E-state index < -0.39 is 5.97 Å². The first-order valence-electron chi connectivity index (χ1n) is 5.94. The maximum absolute atomic E-state index is 11.4. The molecule has 0 spiro atoms. The van der Waals surface area contributed by atoms with E-state index in [-0.39, 0.29) is 23.1 Å². The van der Waals surface area contributed by atoms with Crippen molar-refractivity contribution < 1.29 is 19.4 Å². The molecule has 0 fully saturated rings. The summed E-state index contributed by atoms with van der Waals surface area (Å²) in [5.74, 6) is -1.08. The summed E-state index contributed by atoms with van der Waals surface area (Å²) in [5.41, 5.74) is 0. The molecule has 5 nitrogen and oxygen atoms in total. The van der Waals surface area contributed by atoms with Gasteiger partial charge < -0.3 is 15.2 Å². The molecule has 1 rings (SSSR count). The Bertz CT molecular complexity index is 467. The number of carboxylic acids is 1. The third-order valence-electron chi connectivity index (χ3n) is 2.24. The summed E-state index contributed by atoms with van der Waals surface area (Å²) in [6.45, 7) is 5.66. The Morgan fingerprint density at radius 1 is 1.58 bits per heavy atom. The van der Waals surface area contributed by atoms with Crippen LogP contribution in [0.25, 0.3) is 0 Å². The van der Waals surface area contributed by atoms with E-state index in [0.717, 1.165) is 17.7 Å². The van der Waals surface area contributed by atoms with Crippen molar-refractivity contribution >= 4 is 23.2 Å². The Balaban J connectivity index is 2.67. The predicted octanol–water partition coefficient (Wildman–Crippen LogP) is 2.08. The van der Waals surface area contributed by atoms with Crippen LogP contribution >= 0.6 is 11.3 Å². The molecule has 0 aliphatic carbocycles. The number of amides is 1. The van der Waals surface area contributed by atoms with Crippen LogP contribution in [0.3, 0.4) is 0 Å². The molecule has 1 aromatic heterocycles. The van der Waals surface area contributed by atoms with Crippen LogP contribution in [0.5, 0.6) is 5.75 Å². The van der Waals surface area contributed by atoms with Gasteiger partial charge in [0.05, 0.1) is 0 Å². The van der Waals surface area contributed by atoms with Crippen molar-refractivity contribution in [3.05, 3.63) is 28.5 Å². The zero-order valence-electron chi connectivity index (χ0n) is 10.8. The van der Waals surface area contributed by atoms with Gasteiger partial charge in [-0.1, -0.05) is 19.4 Å². The van der Waals surface area contributed by atoms with E-state index in [1.54, 1.807) is 12.1 Å². The molecule has 1 aromatic rings. The average molecular weight is 283 g/mol. The molecule has 2 N–H and O–H groups in total. The van der Waals surface area contributed by atoms with Gasteiger partial charge >= 0.3 is 5.97 Å². The van der Waals surface area contributed by atoms with Crippen molar-refractivity contribution in [1.82, 2.24) is 5.32 Å². The highest BCUT2D eigenvalue weighted by atomic mass is 32.1. The number of carbonyl (C=O) groups is 2. The van der Waals surface area contributed by atoms with Gasteiger partial charge in [-0.05, 0) is 12.5 Å². The molecule has 104 valence electrons. The van der Waals surface area contributed by atoms with E-state index in [1.165, 1.54) is 11.3 Å². The smallest absolute Gasteiger partial charge is 0.349 e. The highest BCUT2D eigenvalue weighted by molar-refractivity contribution is 7.14. The average Bonchev–Trinajstić information content (AvgIpc) is 2.77. The summed E-state index contributed by atoms with van der Waals surface area (Å²) in [5, 5.41) is 11.6. The minimum Gasteiger partial charge on any atom is -0.482 e. The topological polar surface area (TPSA) is 75.6 Å². The lowest BCUT2D eigenvalue weighted by Gasteiger charge is -2.05. The Labute approximate surface area is 115 Å². The van der Waals surface area contributed by atoms with Crippen LogP contribution < -0.4 is 10.1 Å². The number of carbonyl (C=O) groups excluding carboxylic acids is 1. The molecular weight excluding hydrogens is 266 g/mol. The number of carboxylic acid groups (broad SMARTS) is 1. The van der Waals surface area contributed by atoms with Gasteiger partial charge in [-0.15, -0.1) is 17.9 Å². The SMILES string of the molecule is C=CCNC(=O)COc1cc(CCC)sc1C(=O)O. The summed E-state index contributed by atoms with van der Waals surface area (Å²) in [6.07, 6.45) is 3.29. The van der Waals surface area contributed by atoms with Crippen molar-refractivity contribution in [3.8, 4) is 5.75 Å². The first kappa shape index (κ1) is 15.2. The van der Waals surface area contributed by atoms with Crippen LogP contribution in [-0.4, -0.2) is 30.1 Å². The summed E-state index contributed by atoms with van der Waals surface area (Å²) < 4.78 is 5.27. The van der Waals surface area contributed by atoms with Crippen molar-refractivity contribution in [2.75, 3.05) is 13.2 Å². The number of thiophene rings is 1.